The van der Waals surface area contributed by atoms with Crippen LogP contribution in [-0.2, 0) is 6.54 Å². The van der Waals surface area contributed by atoms with Crippen LogP contribution in [-0.4, -0.2) is 62.2 Å². The van der Waals surface area contributed by atoms with E-state index >= 15 is 0 Å². The van der Waals surface area contributed by atoms with Crippen LogP contribution in [0.15, 0.2) is 29.2 Å². The van der Waals surface area contributed by atoms with E-state index in [0.717, 1.165) is 13.0 Å². The molecule has 1 aromatic carbocycles. The molecule has 8 nitrogen and oxygen atoms in total. The van der Waals surface area contributed by atoms with Gasteiger partial charge in [0, 0.05) is 11.9 Å². The van der Waals surface area contributed by atoms with Crippen LogP contribution >= 0.6 is 12.4 Å². The fourth-order valence-corrected chi connectivity index (χ4v) is 4.06. The van der Waals surface area contributed by atoms with Gasteiger partial charge in [0.05, 0.1) is 55.4 Å². The Morgan fingerprint density at radius 1 is 0.969 bits per heavy atom. The number of ether oxygens (including phenoxy) is 3. The zero-order chi connectivity index (χ0) is 22.3. The summed E-state index contributed by atoms with van der Waals surface area (Å²) in [6.07, 6.45) is 2.31. The molecule has 170 valence electrons. The molecular formula is C23H26ClN3O5. The maximum atomic E-state index is 13.6. The molecular weight excluding hydrogens is 434 g/mol. The minimum absolute atomic E-state index is 0. The number of hydrogen-bond acceptors (Lipinski definition) is 7. The van der Waals surface area contributed by atoms with Crippen molar-refractivity contribution < 1.29 is 19.0 Å². The predicted molar refractivity (Wildman–Crippen MR) is 125 cm³/mol. The number of benzene rings is 1. The van der Waals surface area contributed by atoms with Crippen LogP contribution in [0, 0.1) is 0 Å². The molecule has 4 rings (SSSR count). The Morgan fingerprint density at radius 3 is 2.22 bits per heavy atom. The van der Waals surface area contributed by atoms with Gasteiger partial charge in [-0.1, -0.05) is 0 Å². The minimum Gasteiger partial charge on any atom is -0.495 e. The van der Waals surface area contributed by atoms with Crippen molar-refractivity contribution in [3.8, 4) is 28.6 Å². The summed E-state index contributed by atoms with van der Waals surface area (Å²) in [6.45, 7) is 1.27. The molecule has 0 spiro atoms. The third-order valence-electron chi connectivity index (χ3n) is 5.56. The Hall–Kier alpha value is -3.10. The normalized spacial score (nSPS) is 11.9. The molecule has 9 heteroatoms. The Bertz CT molecular complexity index is 1250. The summed E-state index contributed by atoms with van der Waals surface area (Å²) < 4.78 is 17.7. The molecule has 1 aliphatic carbocycles. The second-order valence-electron chi connectivity index (χ2n) is 7.69. The van der Waals surface area contributed by atoms with Crippen LogP contribution in [0.1, 0.15) is 22.3 Å². The largest absolute Gasteiger partial charge is 0.495 e. The molecule has 0 unspecified atom stereocenters. The first kappa shape index (κ1) is 23.6. The van der Waals surface area contributed by atoms with E-state index in [9.17, 15) is 9.59 Å². The average molecular weight is 460 g/mol. The third kappa shape index (κ3) is 3.69. The minimum atomic E-state index is -0.188. The SMILES string of the molecule is COc1cnc2c(c1)C(=O)c1c-2n(CCCN(C)C)c(=O)c2cc(OC)c(OC)cc12.Cl. The number of hydrogen-bond donors (Lipinski definition) is 0. The number of nitrogens with zero attached hydrogens (tertiary/aromatic N) is 3. The van der Waals surface area contributed by atoms with Crippen molar-refractivity contribution in [3.63, 3.8) is 0 Å². The van der Waals surface area contributed by atoms with E-state index in [4.69, 9.17) is 14.2 Å². The fourth-order valence-electron chi connectivity index (χ4n) is 4.06. The van der Waals surface area contributed by atoms with E-state index < -0.39 is 0 Å². The van der Waals surface area contributed by atoms with Crippen LogP contribution in [0.3, 0.4) is 0 Å². The quantitative estimate of drug-likeness (QED) is 0.420. The zero-order valence-electron chi connectivity index (χ0n) is 18.7. The molecule has 0 saturated carbocycles. The van der Waals surface area contributed by atoms with Gasteiger partial charge >= 0.3 is 0 Å². The maximum Gasteiger partial charge on any atom is 0.259 e. The number of methoxy groups -OCH3 is 3. The lowest BCUT2D eigenvalue weighted by Gasteiger charge is -2.17. The number of ketones is 1. The molecule has 0 radical (unpaired) electrons. The van der Waals surface area contributed by atoms with Crippen molar-refractivity contribution in [1.82, 2.24) is 14.5 Å². The van der Waals surface area contributed by atoms with Gasteiger partial charge in [-0.15, -0.1) is 12.4 Å². The highest BCUT2D eigenvalue weighted by atomic mass is 35.5. The standard InChI is InChI=1S/C23H25N3O5.ClH/c1-25(2)7-6-8-26-21-19(22(27)16-9-13(29-3)12-24-20(16)21)14-10-17(30-4)18(31-5)11-15(14)23(26)28;/h9-12H,6-8H2,1-5H3;1H. The topological polar surface area (TPSA) is 82.9 Å². The molecule has 2 heterocycles. The predicted octanol–water partition coefficient (Wildman–Crippen LogP) is 3.01. The summed E-state index contributed by atoms with van der Waals surface area (Å²) in [6, 6.07) is 5.01. The van der Waals surface area contributed by atoms with E-state index in [2.05, 4.69) is 9.88 Å². The Kier molecular flexibility index (Phi) is 6.76. The van der Waals surface area contributed by atoms with Gasteiger partial charge in [0.2, 0.25) is 0 Å². The molecule has 0 amide bonds. The van der Waals surface area contributed by atoms with E-state index in [-0.39, 0.29) is 23.7 Å². The van der Waals surface area contributed by atoms with Crippen molar-refractivity contribution >= 4 is 29.0 Å². The molecule has 3 aromatic rings. The lowest BCUT2D eigenvalue weighted by molar-refractivity contribution is 0.104. The monoisotopic (exact) mass is 459 g/mol. The highest BCUT2D eigenvalue weighted by molar-refractivity contribution is 6.26. The van der Waals surface area contributed by atoms with Gasteiger partial charge in [-0.3, -0.25) is 14.6 Å². The molecule has 0 bridgehead atoms. The third-order valence-corrected chi connectivity index (χ3v) is 5.56. The van der Waals surface area contributed by atoms with Crippen LogP contribution in [0.2, 0.25) is 0 Å². The number of rotatable bonds is 7. The van der Waals surface area contributed by atoms with Crippen LogP contribution < -0.4 is 19.8 Å². The number of carbonyl (C=O) groups excluding carboxylic acids is 1. The summed E-state index contributed by atoms with van der Waals surface area (Å²) in [7, 11) is 8.54. The van der Waals surface area contributed by atoms with Gasteiger partial charge in [-0.2, -0.15) is 0 Å². The first-order valence-electron chi connectivity index (χ1n) is 9.97. The molecule has 0 atom stereocenters. The van der Waals surface area contributed by atoms with Crippen LogP contribution in [0.5, 0.6) is 17.2 Å². The van der Waals surface area contributed by atoms with Crippen molar-refractivity contribution in [1.29, 1.82) is 0 Å². The Balaban J connectivity index is 0.00000289. The molecule has 32 heavy (non-hydrogen) atoms. The lowest BCUT2D eigenvalue weighted by atomic mass is 10.0. The smallest absolute Gasteiger partial charge is 0.259 e. The van der Waals surface area contributed by atoms with Crippen molar-refractivity contribution in [2.75, 3.05) is 42.0 Å². The lowest BCUT2D eigenvalue weighted by Crippen LogP contribution is -2.25. The molecule has 0 saturated heterocycles. The highest BCUT2D eigenvalue weighted by Crippen LogP contribution is 2.42. The summed E-state index contributed by atoms with van der Waals surface area (Å²) in [5.41, 5.74) is 1.74. The van der Waals surface area contributed by atoms with Crippen LogP contribution in [0.4, 0.5) is 0 Å². The van der Waals surface area contributed by atoms with E-state index in [1.165, 1.54) is 21.3 Å². The number of pyridine rings is 2. The molecule has 0 aliphatic heterocycles. The molecule has 2 aromatic heterocycles. The second-order valence-corrected chi connectivity index (χ2v) is 7.69. The fraction of sp³-hybridized carbons (Fsp3) is 0.348. The average Bonchev–Trinajstić information content (AvgIpc) is 3.06. The molecule has 0 N–H and O–H groups in total. The van der Waals surface area contributed by atoms with Gasteiger partial charge in [-0.05, 0) is 45.3 Å². The van der Waals surface area contributed by atoms with Gasteiger partial charge < -0.3 is 23.7 Å². The van der Waals surface area contributed by atoms with Gasteiger partial charge in [0.1, 0.15) is 5.75 Å². The molecule has 0 fully saturated rings. The zero-order valence-corrected chi connectivity index (χ0v) is 19.5. The summed E-state index contributed by atoms with van der Waals surface area (Å²) >= 11 is 0. The number of carbonyl (C=O) groups is 1. The van der Waals surface area contributed by atoms with E-state index in [0.29, 0.717) is 57.1 Å². The van der Waals surface area contributed by atoms with Gasteiger partial charge in [0.25, 0.3) is 5.56 Å². The van der Waals surface area contributed by atoms with E-state index in [1.54, 1.807) is 29.0 Å². The van der Waals surface area contributed by atoms with Crippen molar-refractivity contribution in [3.05, 3.63) is 45.9 Å². The van der Waals surface area contributed by atoms with Crippen molar-refractivity contribution in [2.45, 2.75) is 13.0 Å². The highest BCUT2D eigenvalue weighted by Gasteiger charge is 2.35. The van der Waals surface area contributed by atoms with Gasteiger partial charge in [0.15, 0.2) is 17.3 Å². The second kappa shape index (κ2) is 9.18. The van der Waals surface area contributed by atoms with Gasteiger partial charge in [-0.25, -0.2) is 0 Å². The number of aromatic nitrogens is 2. The summed E-state index contributed by atoms with van der Waals surface area (Å²) in [5.74, 6) is 1.20. The summed E-state index contributed by atoms with van der Waals surface area (Å²) in [5, 5.41) is 0.942. The molecule has 1 aliphatic rings. The van der Waals surface area contributed by atoms with E-state index in [1.807, 2.05) is 14.1 Å². The Morgan fingerprint density at radius 2 is 1.62 bits per heavy atom. The number of halogens is 1. The number of fused-ring (bicyclic) bond motifs is 5. The maximum absolute atomic E-state index is 13.6. The first-order chi connectivity index (χ1) is 14.9. The Labute approximate surface area is 192 Å². The van der Waals surface area contributed by atoms with Crippen molar-refractivity contribution in [2.24, 2.45) is 0 Å². The summed E-state index contributed by atoms with van der Waals surface area (Å²) in [4.78, 5) is 33.6. The first-order valence-corrected chi connectivity index (χ1v) is 9.97. The van der Waals surface area contributed by atoms with Crippen LogP contribution in [0.25, 0.3) is 22.2 Å².